The maximum Gasteiger partial charge on any atom is 0.230 e. The fraction of sp³-hybridized carbons (Fsp3) is 0.545. The number of halogens is 1. The Balaban J connectivity index is 2.23. The molecule has 1 aliphatic heterocycles. The normalized spacial score (nSPS) is 26.5. The van der Waals surface area contributed by atoms with Crippen molar-refractivity contribution in [2.75, 3.05) is 6.61 Å². The Kier molecular flexibility index (Phi) is 2.98. The van der Waals surface area contributed by atoms with E-state index in [0.717, 1.165) is 19.3 Å². The summed E-state index contributed by atoms with van der Waals surface area (Å²) in [4.78, 5) is 12.2. The van der Waals surface area contributed by atoms with Gasteiger partial charge in [-0.3, -0.25) is 4.79 Å². The molecule has 1 aromatic rings. The van der Waals surface area contributed by atoms with Crippen molar-refractivity contribution in [3.05, 3.63) is 22.6 Å². The van der Waals surface area contributed by atoms with Crippen molar-refractivity contribution in [1.29, 1.82) is 0 Å². The van der Waals surface area contributed by atoms with Crippen molar-refractivity contribution in [3.63, 3.8) is 0 Å². The smallest absolute Gasteiger partial charge is 0.230 e. The monoisotopic (exact) mass is 272 g/mol. The molecular weight excluding hydrogens is 260 g/mol. The van der Waals surface area contributed by atoms with Gasteiger partial charge in [-0.15, -0.1) is 0 Å². The fourth-order valence-electron chi connectivity index (χ4n) is 1.81. The first-order valence-corrected chi connectivity index (χ1v) is 5.84. The fourth-order valence-corrected chi connectivity index (χ4v) is 2.19. The van der Waals surface area contributed by atoms with Gasteiger partial charge in [0.05, 0.1) is 10.7 Å². The molecule has 1 atom stereocenters. The van der Waals surface area contributed by atoms with E-state index in [1.807, 2.05) is 6.92 Å². The third kappa shape index (κ3) is 2.01. The van der Waals surface area contributed by atoms with Gasteiger partial charge in [-0.05, 0) is 48.2 Å². The summed E-state index contributed by atoms with van der Waals surface area (Å²) in [7, 11) is 0. The maximum atomic E-state index is 12.2. The van der Waals surface area contributed by atoms with E-state index in [4.69, 9.17) is 9.15 Å². The number of ketones is 1. The molecule has 2 rings (SSSR count). The Hall–Kier alpha value is -0.610. The Morgan fingerprint density at radius 2 is 2.33 bits per heavy atom. The zero-order valence-electron chi connectivity index (χ0n) is 8.59. The predicted octanol–water partition coefficient (Wildman–Crippen LogP) is 3.18. The van der Waals surface area contributed by atoms with Crippen molar-refractivity contribution in [3.8, 4) is 0 Å². The standard InChI is InChI=1S/C11H13BrO3/c1-11(5-2-3-6-15-11)10(13)9-8(12)4-7-14-9/h4,7H,2-3,5-6H2,1H3. The van der Waals surface area contributed by atoms with E-state index in [1.54, 1.807) is 6.07 Å². The molecule has 3 nitrogen and oxygen atoms in total. The highest BCUT2D eigenvalue weighted by atomic mass is 79.9. The summed E-state index contributed by atoms with van der Waals surface area (Å²) in [5.74, 6) is 0.290. The zero-order chi connectivity index (χ0) is 10.9. The molecule has 0 aliphatic carbocycles. The molecule has 1 fully saturated rings. The van der Waals surface area contributed by atoms with Gasteiger partial charge < -0.3 is 9.15 Å². The minimum Gasteiger partial charge on any atom is -0.460 e. The van der Waals surface area contributed by atoms with Gasteiger partial charge in [0, 0.05) is 6.61 Å². The van der Waals surface area contributed by atoms with Crippen molar-refractivity contribution in [1.82, 2.24) is 0 Å². The molecule has 0 aromatic carbocycles. The van der Waals surface area contributed by atoms with Crippen LogP contribution in [0, 0.1) is 0 Å². The van der Waals surface area contributed by atoms with Crippen LogP contribution in [0.4, 0.5) is 0 Å². The highest BCUT2D eigenvalue weighted by molar-refractivity contribution is 9.10. The van der Waals surface area contributed by atoms with E-state index in [-0.39, 0.29) is 5.78 Å². The number of ether oxygens (including phenoxy) is 1. The number of Topliss-reactive ketones (excluding diaryl/α,β-unsaturated/α-hetero) is 1. The van der Waals surface area contributed by atoms with E-state index in [2.05, 4.69) is 15.9 Å². The first-order valence-electron chi connectivity index (χ1n) is 5.05. The van der Waals surface area contributed by atoms with Crippen LogP contribution in [-0.4, -0.2) is 18.0 Å². The summed E-state index contributed by atoms with van der Waals surface area (Å²) in [6, 6.07) is 1.72. The van der Waals surface area contributed by atoms with Gasteiger partial charge in [-0.25, -0.2) is 0 Å². The lowest BCUT2D eigenvalue weighted by molar-refractivity contribution is -0.0440. The number of hydrogen-bond donors (Lipinski definition) is 0. The van der Waals surface area contributed by atoms with E-state index >= 15 is 0 Å². The lowest BCUT2D eigenvalue weighted by atomic mass is 9.90. The van der Waals surface area contributed by atoms with E-state index in [0.29, 0.717) is 16.8 Å². The van der Waals surface area contributed by atoms with Gasteiger partial charge in [0.1, 0.15) is 5.60 Å². The highest BCUT2D eigenvalue weighted by Crippen LogP contribution is 2.31. The lowest BCUT2D eigenvalue weighted by Crippen LogP contribution is -2.41. The van der Waals surface area contributed by atoms with Crippen LogP contribution in [0.1, 0.15) is 36.7 Å². The summed E-state index contributed by atoms with van der Waals surface area (Å²) in [5.41, 5.74) is -0.710. The first-order chi connectivity index (χ1) is 7.13. The first kappa shape index (κ1) is 10.9. The molecule has 0 bridgehead atoms. The molecule has 2 heterocycles. The molecule has 1 saturated heterocycles. The third-order valence-corrected chi connectivity index (χ3v) is 3.40. The Labute approximate surface area is 96.9 Å². The topological polar surface area (TPSA) is 39.4 Å². The van der Waals surface area contributed by atoms with Crippen LogP contribution in [-0.2, 0) is 4.74 Å². The van der Waals surface area contributed by atoms with Gasteiger partial charge >= 0.3 is 0 Å². The predicted molar refractivity (Wildman–Crippen MR) is 58.9 cm³/mol. The van der Waals surface area contributed by atoms with Crippen molar-refractivity contribution >= 4 is 21.7 Å². The zero-order valence-corrected chi connectivity index (χ0v) is 10.2. The van der Waals surface area contributed by atoms with Crippen molar-refractivity contribution in [2.24, 2.45) is 0 Å². The Morgan fingerprint density at radius 1 is 1.53 bits per heavy atom. The summed E-state index contributed by atoms with van der Waals surface area (Å²) < 4.78 is 11.4. The van der Waals surface area contributed by atoms with E-state index in [9.17, 15) is 4.79 Å². The molecule has 0 radical (unpaired) electrons. The number of furan rings is 1. The molecule has 0 spiro atoms. The second-order valence-corrected chi connectivity index (χ2v) is 4.82. The van der Waals surface area contributed by atoms with Gasteiger partial charge in [0.15, 0.2) is 5.76 Å². The van der Waals surface area contributed by atoms with E-state index in [1.165, 1.54) is 6.26 Å². The molecule has 1 aliphatic rings. The number of carbonyl (C=O) groups excluding carboxylic acids is 1. The number of rotatable bonds is 2. The molecule has 0 amide bonds. The number of carbonyl (C=O) groups is 1. The molecular formula is C11H13BrO3. The van der Waals surface area contributed by atoms with Crippen LogP contribution in [0.25, 0.3) is 0 Å². The van der Waals surface area contributed by atoms with Gasteiger partial charge in [-0.1, -0.05) is 0 Å². The largest absolute Gasteiger partial charge is 0.460 e. The Bertz CT molecular complexity index is 364. The summed E-state index contributed by atoms with van der Waals surface area (Å²) in [5, 5.41) is 0. The summed E-state index contributed by atoms with van der Waals surface area (Å²) in [6.45, 7) is 2.49. The maximum absolute atomic E-state index is 12.2. The van der Waals surface area contributed by atoms with Crippen LogP contribution in [0.2, 0.25) is 0 Å². The van der Waals surface area contributed by atoms with Gasteiger partial charge in [0.2, 0.25) is 5.78 Å². The van der Waals surface area contributed by atoms with E-state index < -0.39 is 5.60 Å². The second-order valence-electron chi connectivity index (χ2n) is 3.96. The van der Waals surface area contributed by atoms with Crippen LogP contribution in [0.3, 0.4) is 0 Å². The minimum absolute atomic E-state index is 0.0703. The second kappa shape index (κ2) is 4.10. The lowest BCUT2D eigenvalue weighted by Gasteiger charge is -2.31. The van der Waals surface area contributed by atoms with Gasteiger partial charge in [0.25, 0.3) is 0 Å². The van der Waals surface area contributed by atoms with Crippen molar-refractivity contribution < 1.29 is 13.9 Å². The molecule has 1 unspecified atom stereocenters. The molecule has 15 heavy (non-hydrogen) atoms. The Morgan fingerprint density at radius 3 is 2.87 bits per heavy atom. The number of hydrogen-bond acceptors (Lipinski definition) is 3. The molecule has 82 valence electrons. The minimum atomic E-state index is -0.710. The summed E-state index contributed by atoms with van der Waals surface area (Å²) >= 11 is 3.29. The van der Waals surface area contributed by atoms with Crippen LogP contribution < -0.4 is 0 Å². The van der Waals surface area contributed by atoms with Crippen LogP contribution in [0.5, 0.6) is 0 Å². The third-order valence-electron chi connectivity index (χ3n) is 2.77. The van der Waals surface area contributed by atoms with Crippen LogP contribution >= 0.6 is 15.9 Å². The molecule has 0 N–H and O–H groups in total. The highest BCUT2D eigenvalue weighted by Gasteiger charge is 2.38. The average Bonchev–Trinajstić information content (AvgIpc) is 2.64. The SMILES string of the molecule is CC1(C(=O)c2occc2Br)CCCCO1. The summed E-state index contributed by atoms with van der Waals surface area (Å²) in [6.07, 6.45) is 4.32. The molecule has 1 aromatic heterocycles. The average molecular weight is 273 g/mol. The molecule has 4 heteroatoms. The molecule has 0 saturated carbocycles. The van der Waals surface area contributed by atoms with Crippen molar-refractivity contribution in [2.45, 2.75) is 31.8 Å². The van der Waals surface area contributed by atoms with Gasteiger partial charge in [-0.2, -0.15) is 0 Å². The quantitative estimate of drug-likeness (QED) is 0.777. The van der Waals surface area contributed by atoms with Crippen LogP contribution in [0.15, 0.2) is 21.2 Å².